The lowest BCUT2D eigenvalue weighted by Crippen LogP contribution is -2.48. The minimum Gasteiger partial charge on any atom is -0.486 e. The zero-order chi connectivity index (χ0) is 19.5. The lowest BCUT2D eigenvalue weighted by Gasteiger charge is -2.41. The number of rotatable bonds is 4. The average Bonchev–Trinajstić information content (AvgIpc) is 2.94. The number of H-pyrrole nitrogens is 1. The second kappa shape index (κ2) is 6.50. The molecule has 1 heterocycles. The van der Waals surface area contributed by atoms with E-state index in [1.807, 2.05) is 12.1 Å². The summed E-state index contributed by atoms with van der Waals surface area (Å²) in [6.45, 7) is 2.24. The van der Waals surface area contributed by atoms with Gasteiger partial charge in [0.2, 0.25) is 0 Å². The fourth-order valence-electron chi connectivity index (χ4n) is 6.68. The van der Waals surface area contributed by atoms with Crippen LogP contribution in [-0.4, -0.2) is 16.1 Å². The number of ether oxygens (including phenoxy) is 1. The molecule has 3 bridgehead atoms. The minimum atomic E-state index is -0.171. The van der Waals surface area contributed by atoms with E-state index in [4.69, 9.17) is 22.1 Å². The van der Waals surface area contributed by atoms with Crippen LogP contribution in [0.1, 0.15) is 58.3 Å². The van der Waals surface area contributed by atoms with Gasteiger partial charge in [0, 0.05) is 17.1 Å². The Hall–Kier alpha value is -1.52. The Labute approximate surface area is 170 Å². The molecule has 28 heavy (non-hydrogen) atoms. The van der Waals surface area contributed by atoms with Gasteiger partial charge in [-0.3, -0.25) is 4.79 Å². The van der Waals surface area contributed by atoms with Crippen molar-refractivity contribution >= 4 is 22.4 Å². The number of hydrogen-bond acceptors (Lipinski definition) is 3. The molecule has 0 aliphatic heterocycles. The summed E-state index contributed by atoms with van der Waals surface area (Å²) in [7, 11) is 0. The third-order valence-corrected chi connectivity index (χ3v) is 8.04. The van der Waals surface area contributed by atoms with E-state index in [2.05, 4.69) is 11.9 Å². The van der Waals surface area contributed by atoms with Gasteiger partial charge in [0.25, 0.3) is 5.56 Å². The summed E-state index contributed by atoms with van der Waals surface area (Å²) < 4.78 is 6.74. The first-order chi connectivity index (χ1) is 13.4. The molecule has 3 aliphatic carbocycles. The van der Waals surface area contributed by atoms with Gasteiger partial charge >= 0.3 is 0 Å². The lowest BCUT2D eigenvalue weighted by molar-refractivity contribution is -0.00128. The molecule has 2 aromatic rings. The number of aromatic nitrogens is 1. The number of halogens is 1. The van der Waals surface area contributed by atoms with Crippen LogP contribution in [0.5, 0.6) is 5.75 Å². The zero-order valence-corrected chi connectivity index (χ0v) is 17.2. The Morgan fingerprint density at radius 2 is 2.14 bits per heavy atom. The van der Waals surface area contributed by atoms with Crippen LogP contribution in [0, 0.1) is 17.8 Å². The molecular weight excluding hydrogens is 372 g/mol. The Kier molecular flexibility index (Phi) is 4.29. The Bertz CT molecular complexity index is 973. The molecule has 5 rings (SSSR count). The Morgan fingerprint density at radius 1 is 1.29 bits per heavy atom. The highest BCUT2D eigenvalue weighted by atomic mass is 35.5. The first kappa shape index (κ1) is 18.5. The second-order valence-electron chi connectivity index (χ2n) is 9.56. The van der Waals surface area contributed by atoms with Gasteiger partial charge in [-0.05, 0) is 86.3 Å². The summed E-state index contributed by atoms with van der Waals surface area (Å²) in [5.41, 5.74) is 6.66. The van der Waals surface area contributed by atoms with Crippen molar-refractivity contribution in [3.8, 4) is 5.75 Å². The van der Waals surface area contributed by atoms with Crippen molar-refractivity contribution in [3.05, 3.63) is 39.8 Å². The number of hydrogen-bond donors (Lipinski definition) is 2. The van der Waals surface area contributed by atoms with Crippen molar-refractivity contribution in [2.75, 3.05) is 0 Å². The Balaban J connectivity index is 1.51. The molecule has 3 fully saturated rings. The van der Waals surface area contributed by atoms with E-state index in [9.17, 15) is 4.79 Å². The minimum absolute atomic E-state index is 0.0415. The summed E-state index contributed by atoms with van der Waals surface area (Å²) in [5, 5.41) is 1.99. The van der Waals surface area contributed by atoms with Crippen LogP contribution in [0.25, 0.3) is 10.8 Å². The standard InChI is InChI=1S/C23H29ClN2O2/c1-2-4-23(25)6-5-22(12-14-8-16(13-22)18(23)9-14)28-20-10-15-3-7-26-21(27)17(15)11-19(20)24/h3,7,10-11,14,16,18H,2,4-6,8-9,12-13,25H2,1H3,(H,26,27). The third kappa shape index (κ3) is 2.88. The van der Waals surface area contributed by atoms with Crippen molar-refractivity contribution in [1.82, 2.24) is 4.98 Å². The van der Waals surface area contributed by atoms with Crippen LogP contribution in [0.2, 0.25) is 5.02 Å². The number of pyridine rings is 1. The lowest BCUT2D eigenvalue weighted by atomic mass is 9.74. The molecule has 1 aromatic carbocycles. The molecule has 0 radical (unpaired) electrons. The first-order valence-electron chi connectivity index (χ1n) is 10.7. The fraction of sp³-hybridized carbons (Fsp3) is 0.609. The maximum Gasteiger partial charge on any atom is 0.255 e. The molecule has 3 N–H and O–H groups in total. The van der Waals surface area contributed by atoms with Crippen molar-refractivity contribution < 1.29 is 4.74 Å². The summed E-state index contributed by atoms with van der Waals surface area (Å²) in [6, 6.07) is 5.57. The smallest absolute Gasteiger partial charge is 0.255 e. The van der Waals surface area contributed by atoms with Gasteiger partial charge in [-0.15, -0.1) is 0 Å². The summed E-state index contributed by atoms with van der Waals surface area (Å²) in [6.07, 6.45) is 10.7. The molecule has 1 aromatic heterocycles. The molecule has 0 spiro atoms. The maximum absolute atomic E-state index is 12.1. The molecule has 4 nitrogen and oxygen atoms in total. The fourth-order valence-corrected chi connectivity index (χ4v) is 6.89. The van der Waals surface area contributed by atoms with Crippen LogP contribution in [0.3, 0.4) is 0 Å². The van der Waals surface area contributed by atoms with Gasteiger partial charge in [-0.25, -0.2) is 0 Å². The van der Waals surface area contributed by atoms with Gasteiger partial charge in [0.1, 0.15) is 11.4 Å². The third-order valence-electron chi connectivity index (χ3n) is 7.74. The van der Waals surface area contributed by atoms with E-state index in [1.165, 1.54) is 12.8 Å². The van der Waals surface area contributed by atoms with Gasteiger partial charge in [0.15, 0.2) is 0 Å². The van der Waals surface area contributed by atoms with Crippen molar-refractivity contribution in [1.29, 1.82) is 0 Å². The summed E-state index contributed by atoms with van der Waals surface area (Å²) >= 11 is 6.56. The number of benzene rings is 1. The summed E-state index contributed by atoms with van der Waals surface area (Å²) in [4.78, 5) is 14.8. The van der Waals surface area contributed by atoms with E-state index < -0.39 is 0 Å². The van der Waals surface area contributed by atoms with Gasteiger partial charge in [-0.1, -0.05) is 24.9 Å². The quantitative estimate of drug-likeness (QED) is 0.756. The predicted octanol–water partition coefficient (Wildman–Crippen LogP) is 5.03. The predicted molar refractivity (Wildman–Crippen MR) is 113 cm³/mol. The Morgan fingerprint density at radius 3 is 2.96 bits per heavy atom. The van der Waals surface area contributed by atoms with Crippen LogP contribution < -0.4 is 16.0 Å². The van der Waals surface area contributed by atoms with Crippen molar-refractivity contribution in [2.45, 2.75) is 69.4 Å². The van der Waals surface area contributed by atoms with E-state index in [1.54, 1.807) is 12.3 Å². The average molecular weight is 401 g/mol. The molecule has 0 amide bonds. The van der Waals surface area contributed by atoms with Crippen LogP contribution in [-0.2, 0) is 0 Å². The molecule has 3 aliphatic rings. The topological polar surface area (TPSA) is 68.1 Å². The molecule has 5 unspecified atom stereocenters. The van der Waals surface area contributed by atoms with E-state index >= 15 is 0 Å². The molecule has 150 valence electrons. The number of nitrogens with one attached hydrogen (secondary N) is 1. The highest BCUT2D eigenvalue weighted by Crippen LogP contribution is 2.59. The van der Waals surface area contributed by atoms with Crippen molar-refractivity contribution in [3.63, 3.8) is 0 Å². The number of aromatic amines is 1. The highest BCUT2D eigenvalue weighted by Gasteiger charge is 2.57. The summed E-state index contributed by atoms with van der Waals surface area (Å²) in [5.74, 6) is 2.72. The number of fused-ring (bicyclic) bond motifs is 3. The molecule has 5 atom stereocenters. The molecule has 3 saturated carbocycles. The first-order valence-corrected chi connectivity index (χ1v) is 11.1. The van der Waals surface area contributed by atoms with Gasteiger partial charge < -0.3 is 15.5 Å². The van der Waals surface area contributed by atoms with Crippen LogP contribution >= 0.6 is 11.6 Å². The SMILES string of the molecule is CCCC1(N)CCC2(Oc3cc4cc[nH]c(=O)c4cc3Cl)CC3CC(C2)C1C3. The zero-order valence-electron chi connectivity index (χ0n) is 16.5. The largest absolute Gasteiger partial charge is 0.486 e. The molecular formula is C23H29ClN2O2. The normalized spacial score (nSPS) is 36.6. The van der Waals surface area contributed by atoms with E-state index in [0.29, 0.717) is 33.9 Å². The van der Waals surface area contributed by atoms with Gasteiger partial charge in [-0.2, -0.15) is 0 Å². The maximum atomic E-state index is 12.1. The number of nitrogens with two attached hydrogens (primary N) is 1. The molecule has 5 heteroatoms. The monoisotopic (exact) mass is 400 g/mol. The van der Waals surface area contributed by atoms with E-state index in [0.717, 1.165) is 43.9 Å². The van der Waals surface area contributed by atoms with Crippen molar-refractivity contribution in [2.24, 2.45) is 23.5 Å². The molecule has 0 saturated heterocycles. The van der Waals surface area contributed by atoms with Crippen LogP contribution in [0.4, 0.5) is 0 Å². The van der Waals surface area contributed by atoms with Gasteiger partial charge in [0.05, 0.1) is 5.02 Å². The highest BCUT2D eigenvalue weighted by molar-refractivity contribution is 6.32. The second-order valence-corrected chi connectivity index (χ2v) is 9.96. The van der Waals surface area contributed by atoms with Crippen LogP contribution in [0.15, 0.2) is 29.2 Å². The van der Waals surface area contributed by atoms with E-state index in [-0.39, 0.29) is 16.7 Å².